The van der Waals surface area contributed by atoms with Crippen LogP contribution in [-0.4, -0.2) is 76.9 Å². The van der Waals surface area contributed by atoms with Crippen LogP contribution in [0.3, 0.4) is 0 Å². The van der Waals surface area contributed by atoms with Crippen molar-refractivity contribution in [1.29, 1.82) is 0 Å². The first-order valence-electron chi connectivity index (χ1n) is 15.2. The zero-order valence-corrected chi connectivity index (χ0v) is 27.9. The maximum Gasteiger partial charge on any atom is 0.408 e. The average Bonchev–Trinajstić information content (AvgIpc) is 3.43. The molecule has 1 aromatic heterocycles. The highest BCUT2D eigenvalue weighted by atomic mass is 16.6. The van der Waals surface area contributed by atoms with Crippen molar-refractivity contribution in [3.05, 3.63) is 78.1 Å². The Balaban J connectivity index is 1.80. The Morgan fingerprint density at radius 2 is 1.61 bits per heavy atom. The van der Waals surface area contributed by atoms with Crippen molar-refractivity contribution in [3.8, 4) is 5.75 Å². The molecule has 46 heavy (non-hydrogen) atoms. The zero-order chi connectivity index (χ0) is 34.1. The van der Waals surface area contributed by atoms with Gasteiger partial charge in [-0.1, -0.05) is 42.5 Å². The first kappa shape index (κ1) is 35.6. The molecule has 1 heterocycles. The molecule has 1 unspecified atom stereocenters. The van der Waals surface area contributed by atoms with Crippen LogP contribution in [0.4, 0.5) is 10.5 Å². The van der Waals surface area contributed by atoms with Gasteiger partial charge in [0.1, 0.15) is 22.9 Å². The highest BCUT2D eigenvalue weighted by Gasteiger charge is 2.34. The molecule has 2 aromatic carbocycles. The molecule has 0 saturated heterocycles. The van der Waals surface area contributed by atoms with E-state index >= 15 is 0 Å². The topological polar surface area (TPSA) is 144 Å². The highest BCUT2D eigenvalue weighted by molar-refractivity contribution is 5.99. The summed E-state index contributed by atoms with van der Waals surface area (Å²) in [4.78, 5) is 54.1. The Kier molecular flexibility index (Phi) is 11.9. The minimum Gasteiger partial charge on any atom is -0.497 e. The third kappa shape index (κ3) is 10.4. The molecule has 3 aromatic rings. The van der Waals surface area contributed by atoms with E-state index in [2.05, 4.69) is 21.0 Å². The SMILES string of the molecule is COc1ccc(C(C(=O)N(C)C)n2cc(NC(=O)[C@@H](CCCc3ccccc3)NC(=O)C(C)(C)NC(=O)OC(C)(C)C)cn2)cc1. The number of aryl methyl sites for hydroxylation is 1. The molecule has 0 bridgehead atoms. The number of nitrogens with zero attached hydrogens (tertiary/aromatic N) is 3. The molecule has 0 aliphatic rings. The lowest BCUT2D eigenvalue weighted by molar-refractivity contribution is -0.131. The fraction of sp³-hybridized carbons (Fsp3) is 0.441. The minimum absolute atomic E-state index is 0.211. The Bertz CT molecular complexity index is 1480. The lowest BCUT2D eigenvalue weighted by Crippen LogP contribution is -2.58. The van der Waals surface area contributed by atoms with E-state index in [4.69, 9.17) is 9.47 Å². The fourth-order valence-corrected chi connectivity index (χ4v) is 4.59. The molecular formula is C34H46N6O6. The number of ether oxygens (including phenoxy) is 2. The zero-order valence-electron chi connectivity index (χ0n) is 27.9. The van der Waals surface area contributed by atoms with E-state index in [1.54, 1.807) is 72.4 Å². The quantitative estimate of drug-likeness (QED) is 0.254. The Labute approximate surface area is 270 Å². The maximum absolute atomic E-state index is 13.6. The number of likely N-dealkylation sites (N-methyl/N-ethyl adjacent to an activating group) is 1. The number of methoxy groups -OCH3 is 1. The van der Waals surface area contributed by atoms with Crippen LogP contribution in [0.5, 0.6) is 5.75 Å². The molecule has 12 nitrogen and oxygen atoms in total. The van der Waals surface area contributed by atoms with Crippen molar-refractivity contribution in [1.82, 2.24) is 25.3 Å². The predicted molar refractivity (Wildman–Crippen MR) is 175 cm³/mol. The van der Waals surface area contributed by atoms with Crippen molar-refractivity contribution in [3.63, 3.8) is 0 Å². The molecule has 0 fully saturated rings. The van der Waals surface area contributed by atoms with E-state index in [9.17, 15) is 19.2 Å². The smallest absolute Gasteiger partial charge is 0.408 e. The molecule has 3 N–H and O–H groups in total. The molecule has 0 spiro atoms. The Hall–Kier alpha value is -4.87. The van der Waals surface area contributed by atoms with Crippen LogP contribution in [-0.2, 0) is 25.5 Å². The van der Waals surface area contributed by atoms with E-state index in [1.165, 1.54) is 29.6 Å². The van der Waals surface area contributed by atoms with Gasteiger partial charge in [0.05, 0.1) is 19.0 Å². The van der Waals surface area contributed by atoms with Crippen LogP contribution < -0.4 is 20.7 Å². The summed E-state index contributed by atoms with van der Waals surface area (Å²) in [5, 5.41) is 12.6. The second kappa shape index (κ2) is 15.4. The number of carbonyl (C=O) groups is 4. The second-order valence-electron chi connectivity index (χ2n) is 12.8. The van der Waals surface area contributed by atoms with Crippen LogP contribution in [0.1, 0.15) is 64.6 Å². The van der Waals surface area contributed by atoms with Gasteiger partial charge < -0.3 is 30.3 Å². The molecular weight excluding hydrogens is 588 g/mol. The monoisotopic (exact) mass is 634 g/mol. The largest absolute Gasteiger partial charge is 0.497 e. The number of aromatic nitrogens is 2. The third-order valence-corrected chi connectivity index (χ3v) is 7.04. The molecule has 3 rings (SSSR count). The number of anilines is 1. The van der Waals surface area contributed by atoms with Crippen LogP contribution in [0.25, 0.3) is 0 Å². The molecule has 2 atom stereocenters. The third-order valence-electron chi connectivity index (χ3n) is 7.04. The van der Waals surface area contributed by atoms with Gasteiger partial charge in [-0.05, 0) is 77.1 Å². The van der Waals surface area contributed by atoms with Gasteiger partial charge in [-0.15, -0.1) is 0 Å². The molecule has 4 amide bonds. The minimum atomic E-state index is -1.37. The summed E-state index contributed by atoms with van der Waals surface area (Å²) >= 11 is 0. The molecule has 248 valence electrons. The van der Waals surface area contributed by atoms with Gasteiger partial charge in [-0.25, -0.2) is 4.79 Å². The number of hydrogen-bond donors (Lipinski definition) is 3. The summed E-state index contributed by atoms with van der Waals surface area (Å²) in [6.07, 6.45) is 3.92. The van der Waals surface area contributed by atoms with Gasteiger partial charge in [0, 0.05) is 20.3 Å². The van der Waals surface area contributed by atoms with Crippen LogP contribution >= 0.6 is 0 Å². The van der Waals surface area contributed by atoms with Crippen LogP contribution in [0.2, 0.25) is 0 Å². The van der Waals surface area contributed by atoms with Crippen LogP contribution in [0.15, 0.2) is 67.0 Å². The average molecular weight is 635 g/mol. The fourth-order valence-electron chi connectivity index (χ4n) is 4.59. The lowest BCUT2D eigenvalue weighted by atomic mass is 10.0. The molecule has 0 aliphatic carbocycles. The van der Waals surface area contributed by atoms with Crippen molar-refractivity contribution < 1.29 is 28.7 Å². The molecule has 0 aliphatic heterocycles. The van der Waals surface area contributed by atoms with E-state index < -0.39 is 41.1 Å². The number of nitrogens with one attached hydrogen (secondary N) is 3. The van der Waals surface area contributed by atoms with Crippen molar-refractivity contribution in [2.24, 2.45) is 0 Å². The van der Waals surface area contributed by atoms with Crippen molar-refractivity contribution >= 4 is 29.5 Å². The standard InChI is InChI=1S/C34H46N6O6/c1-33(2,3)46-32(44)38-34(4,5)31(43)37-27(16-12-15-23-13-10-9-11-14-23)29(41)36-25-21-35-40(22-25)28(30(42)39(6)7)24-17-19-26(45-8)20-18-24/h9-11,13-14,17-22,27-28H,12,15-16H2,1-8H3,(H,36,41)(H,37,43)(H,38,44)/t27-,28?/m1/s1. The van der Waals surface area contributed by atoms with E-state index in [-0.39, 0.29) is 5.91 Å². The number of hydrogen-bond acceptors (Lipinski definition) is 7. The summed E-state index contributed by atoms with van der Waals surface area (Å²) in [6, 6.07) is 15.2. The van der Waals surface area contributed by atoms with Gasteiger partial charge in [0.25, 0.3) is 5.91 Å². The first-order chi connectivity index (χ1) is 21.6. The highest BCUT2D eigenvalue weighted by Crippen LogP contribution is 2.24. The van der Waals surface area contributed by atoms with Gasteiger partial charge in [-0.3, -0.25) is 19.1 Å². The predicted octanol–water partition coefficient (Wildman–Crippen LogP) is 4.32. The van der Waals surface area contributed by atoms with E-state index in [1.807, 2.05) is 30.3 Å². The van der Waals surface area contributed by atoms with Crippen molar-refractivity contribution in [2.75, 3.05) is 26.5 Å². The van der Waals surface area contributed by atoms with Crippen molar-refractivity contribution in [2.45, 2.75) is 77.1 Å². The van der Waals surface area contributed by atoms with Gasteiger partial charge in [-0.2, -0.15) is 5.10 Å². The number of amides is 4. The number of alkyl carbamates (subject to hydrolysis) is 1. The number of carbonyl (C=O) groups excluding carboxylic acids is 4. The van der Waals surface area contributed by atoms with E-state index in [0.29, 0.717) is 36.3 Å². The molecule has 0 radical (unpaired) electrons. The lowest BCUT2D eigenvalue weighted by Gasteiger charge is -2.29. The van der Waals surface area contributed by atoms with Crippen LogP contribution in [0, 0.1) is 0 Å². The second-order valence-corrected chi connectivity index (χ2v) is 12.8. The molecule has 0 saturated carbocycles. The summed E-state index contributed by atoms with van der Waals surface area (Å²) in [5.41, 5.74) is 0.0272. The number of benzene rings is 2. The van der Waals surface area contributed by atoms with Gasteiger partial charge in [0.15, 0.2) is 6.04 Å². The summed E-state index contributed by atoms with van der Waals surface area (Å²) < 4.78 is 12.0. The maximum atomic E-state index is 13.6. The normalized spacial score (nSPS) is 12.8. The Morgan fingerprint density at radius 1 is 0.957 bits per heavy atom. The van der Waals surface area contributed by atoms with E-state index in [0.717, 1.165) is 5.56 Å². The summed E-state index contributed by atoms with van der Waals surface area (Å²) in [5.74, 6) is -0.575. The first-order valence-corrected chi connectivity index (χ1v) is 15.2. The summed E-state index contributed by atoms with van der Waals surface area (Å²) in [6.45, 7) is 8.26. The van der Waals surface area contributed by atoms with Gasteiger partial charge >= 0.3 is 6.09 Å². The molecule has 12 heteroatoms. The number of rotatable bonds is 13. The van der Waals surface area contributed by atoms with Gasteiger partial charge in [0.2, 0.25) is 11.8 Å². The Morgan fingerprint density at radius 3 is 2.20 bits per heavy atom. The summed E-state index contributed by atoms with van der Waals surface area (Å²) in [7, 11) is 4.88.